The second kappa shape index (κ2) is 10.7. The molecule has 0 saturated heterocycles. The summed E-state index contributed by atoms with van der Waals surface area (Å²) in [6, 6.07) is 4.29. The van der Waals surface area contributed by atoms with Gasteiger partial charge >= 0.3 is 0 Å². The molecule has 2 N–H and O–H groups in total. The van der Waals surface area contributed by atoms with E-state index in [9.17, 15) is 0 Å². The third-order valence-electron chi connectivity index (χ3n) is 2.76. The molecule has 0 radical (unpaired) electrons. The van der Waals surface area contributed by atoms with Gasteiger partial charge in [-0.1, -0.05) is 19.9 Å². The molecule has 6 heteroatoms. The first-order valence-electron chi connectivity index (χ1n) is 6.65. The Bertz CT molecular complexity index is 378. The standard InChI is InChI=1S/C14H25N3S2.HI/c1-5-15-13(16-8-10-18-4)17-11-14(2,3)12-7-6-9-19-12;/h6-7,9H,5,8,10-11H2,1-4H3,(H2,15,16,17);1H. The zero-order valence-corrected chi connectivity index (χ0v) is 16.7. The predicted octanol–water partition coefficient (Wildman–Crippen LogP) is 3.56. The molecule has 116 valence electrons. The van der Waals surface area contributed by atoms with Crippen molar-refractivity contribution in [3.05, 3.63) is 22.4 Å². The SMILES string of the molecule is CCNC(=NCC(C)(C)c1cccs1)NCCSC.I. The van der Waals surface area contributed by atoms with Crippen LogP contribution in [0.2, 0.25) is 0 Å². The molecule has 0 atom stereocenters. The highest BCUT2D eigenvalue weighted by atomic mass is 127. The normalized spacial score (nSPS) is 11.9. The Kier molecular flexibility index (Phi) is 10.8. The summed E-state index contributed by atoms with van der Waals surface area (Å²) in [5.41, 5.74) is 0.0933. The van der Waals surface area contributed by atoms with E-state index >= 15 is 0 Å². The van der Waals surface area contributed by atoms with Crippen LogP contribution in [0.25, 0.3) is 0 Å². The Morgan fingerprint density at radius 2 is 2.15 bits per heavy atom. The van der Waals surface area contributed by atoms with Crippen molar-refractivity contribution < 1.29 is 0 Å². The lowest BCUT2D eigenvalue weighted by molar-refractivity contribution is 0.549. The van der Waals surface area contributed by atoms with E-state index in [4.69, 9.17) is 4.99 Å². The number of nitrogens with zero attached hydrogens (tertiary/aromatic N) is 1. The quantitative estimate of drug-likeness (QED) is 0.302. The smallest absolute Gasteiger partial charge is 0.191 e. The largest absolute Gasteiger partial charge is 0.357 e. The monoisotopic (exact) mass is 427 g/mol. The van der Waals surface area contributed by atoms with Gasteiger partial charge in [0, 0.05) is 29.1 Å². The van der Waals surface area contributed by atoms with Crippen LogP contribution in [-0.4, -0.2) is 37.6 Å². The number of hydrogen-bond donors (Lipinski definition) is 2. The third-order valence-corrected chi connectivity index (χ3v) is 4.61. The lowest BCUT2D eigenvalue weighted by Gasteiger charge is -2.21. The van der Waals surface area contributed by atoms with Gasteiger partial charge in [0.1, 0.15) is 0 Å². The highest BCUT2D eigenvalue weighted by Crippen LogP contribution is 2.27. The first-order valence-corrected chi connectivity index (χ1v) is 8.92. The Morgan fingerprint density at radius 3 is 2.70 bits per heavy atom. The molecule has 0 fully saturated rings. The predicted molar refractivity (Wildman–Crippen MR) is 105 cm³/mol. The molecule has 1 rings (SSSR count). The number of hydrogen-bond acceptors (Lipinski definition) is 3. The van der Waals surface area contributed by atoms with Crippen LogP contribution in [0.1, 0.15) is 25.6 Å². The van der Waals surface area contributed by atoms with E-state index in [0.29, 0.717) is 0 Å². The van der Waals surface area contributed by atoms with Crippen molar-refractivity contribution in [3.63, 3.8) is 0 Å². The summed E-state index contributed by atoms with van der Waals surface area (Å²) in [6.45, 7) is 9.22. The van der Waals surface area contributed by atoms with Crippen LogP contribution < -0.4 is 10.6 Å². The van der Waals surface area contributed by atoms with Crippen LogP contribution in [0.15, 0.2) is 22.5 Å². The third kappa shape index (κ3) is 7.17. The van der Waals surface area contributed by atoms with Crippen molar-refractivity contribution in [1.29, 1.82) is 0 Å². The average Bonchev–Trinajstić information content (AvgIpc) is 2.91. The summed E-state index contributed by atoms with van der Waals surface area (Å²) in [5, 5.41) is 8.78. The van der Waals surface area contributed by atoms with Gasteiger partial charge in [0.05, 0.1) is 6.54 Å². The molecule has 0 aliphatic carbocycles. The van der Waals surface area contributed by atoms with E-state index < -0.39 is 0 Å². The van der Waals surface area contributed by atoms with E-state index in [-0.39, 0.29) is 29.4 Å². The van der Waals surface area contributed by atoms with Crippen LogP contribution in [0, 0.1) is 0 Å². The van der Waals surface area contributed by atoms with Crippen molar-refractivity contribution in [2.24, 2.45) is 4.99 Å². The first kappa shape index (κ1) is 20.1. The molecule has 20 heavy (non-hydrogen) atoms. The molecule has 0 unspecified atom stereocenters. The highest BCUT2D eigenvalue weighted by Gasteiger charge is 2.21. The van der Waals surface area contributed by atoms with Gasteiger partial charge in [-0.05, 0) is 24.6 Å². The Labute approximate surface area is 148 Å². The fourth-order valence-corrected chi connectivity index (χ4v) is 2.78. The fraction of sp³-hybridized carbons (Fsp3) is 0.643. The van der Waals surface area contributed by atoms with Crippen molar-refractivity contribution in [2.75, 3.05) is 31.6 Å². The van der Waals surface area contributed by atoms with Crippen molar-refractivity contribution in [1.82, 2.24) is 10.6 Å². The van der Waals surface area contributed by atoms with Crippen LogP contribution in [0.5, 0.6) is 0 Å². The second-order valence-corrected chi connectivity index (χ2v) is 6.91. The van der Waals surface area contributed by atoms with E-state index in [0.717, 1.165) is 31.3 Å². The first-order chi connectivity index (χ1) is 9.10. The number of aliphatic imine (C=N–C) groups is 1. The number of guanidine groups is 1. The molecule has 1 aromatic heterocycles. The summed E-state index contributed by atoms with van der Waals surface area (Å²) < 4.78 is 0. The zero-order chi connectivity index (χ0) is 14.1. The molecule has 0 amide bonds. The fourth-order valence-electron chi connectivity index (χ4n) is 1.63. The Balaban J connectivity index is 0.00000361. The molecule has 1 aromatic rings. The maximum atomic E-state index is 4.70. The summed E-state index contributed by atoms with van der Waals surface area (Å²) in [6.07, 6.45) is 2.12. The highest BCUT2D eigenvalue weighted by molar-refractivity contribution is 14.0. The number of halogens is 1. The van der Waals surface area contributed by atoms with Crippen molar-refractivity contribution in [2.45, 2.75) is 26.2 Å². The number of thioether (sulfide) groups is 1. The van der Waals surface area contributed by atoms with Crippen LogP contribution in [-0.2, 0) is 5.41 Å². The zero-order valence-electron chi connectivity index (χ0n) is 12.7. The molecule has 1 heterocycles. The van der Waals surface area contributed by atoms with Gasteiger partial charge in [-0.3, -0.25) is 4.99 Å². The molecule has 0 aliphatic heterocycles. The topological polar surface area (TPSA) is 36.4 Å². The Morgan fingerprint density at radius 1 is 1.40 bits per heavy atom. The van der Waals surface area contributed by atoms with Gasteiger partial charge in [0.25, 0.3) is 0 Å². The maximum absolute atomic E-state index is 4.70. The van der Waals surface area contributed by atoms with Gasteiger partial charge < -0.3 is 10.6 Å². The molecular formula is C14H26IN3S2. The lowest BCUT2D eigenvalue weighted by atomic mass is 9.92. The van der Waals surface area contributed by atoms with Gasteiger partial charge in [0.15, 0.2) is 5.96 Å². The minimum Gasteiger partial charge on any atom is -0.357 e. The number of thiophene rings is 1. The van der Waals surface area contributed by atoms with Gasteiger partial charge in [-0.2, -0.15) is 11.8 Å². The summed E-state index contributed by atoms with van der Waals surface area (Å²) in [4.78, 5) is 6.09. The molecule has 0 spiro atoms. The van der Waals surface area contributed by atoms with Crippen LogP contribution in [0.4, 0.5) is 0 Å². The average molecular weight is 427 g/mol. The van der Waals surface area contributed by atoms with Crippen molar-refractivity contribution in [3.8, 4) is 0 Å². The van der Waals surface area contributed by atoms with Crippen LogP contribution in [0.3, 0.4) is 0 Å². The minimum absolute atomic E-state index is 0. The molecule has 0 aliphatic rings. The molecule has 3 nitrogen and oxygen atoms in total. The molecule has 0 saturated carbocycles. The van der Waals surface area contributed by atoms with E-state index in [1.54, 1.807) is 11.3 Å². The molecule has 0 aromatic carbocycles. The Hall–Kier alpha value is 0.0500. The summed E-state index contributed by atoms with van der Waals surface area (Å²) in [7, 11) is 0. The summed E-state index contributed by atoms with van der Waals surface area (Å²) >= 11 is 3.64. The van der Waals surface area contributed by atoms with Gasteiger partial charge in [-0.25, -0.2) is 0 Å². The molecule has 0 bridgehead atoms. The van der Waals surface area contributed by atoms with E-state index in [1.165, 1.54) is 4.88 Å². The summed E-state index contributed by atoms with van der Waals surface area (Å²) in [5.74, 6) is 2.01. The van der Waals surface area contributed by atoms with Gasteiger partial charge in [0.2, 0.25) is 0 Å². The molecular weight excluding hydrogens is 401 g/mol. The van der Waals surface area contributed by atoms with Crippen LogP contribution >= 0.6 is 47.1 Å². The van der Waals surface area contributed by atoms with Crippen molar-refractivity contribution >= 4 is 53.0 Å². The lowest BCUT2D eigenvalue weighted by Crippen LogP contribution is -2.39. The second-order valence-electron chi connectivity index (χ2n) is 4.98. The van der Waals surface area contributed by atoms with E-state index in [2.05, 4.69) is 55.2 Å². The minimum atomic E-state index is 0. The number of rotatable bonds is 7. The number of nitrogens with one attached hydrogen (secondary N) is 2. The van der Waals surface area contributed by atoms with E-state index in [1.807, 2.05) is 11.8 Å². The van der Waals surface area contributed by atoms with Gasteiger partial charge in [-0.15, -0.1) is 35.3 Å². The maximum Gasteiger partial charge on any atom is 0.191 e.